The van der Waals surface area contributed by atoms with Crippen LogP contribution in [0.25, 0.3) is 0 Å². The van der Waals surface area contributed by atoms with Crippen LogP contribution in [0.4, 0.5) is 0 Å². The first kappa shape index (κ1) is 17.5. The smallest absolute Gasteiger partial charge is 0.276 e. The fraction of sp³-hybridized carbons (Fsp3) is 0.500. The Morgan fingerprint density at radius 1 is 1.11 bits per heavy atom. The standard InChI is InChI=1S/C22H25N3O3/c26-21-16-10-11-17(25(21)12-15-6-2-1-3-7-15)14-24(13-16)22(27)20-18-8-4-5-9-19(18)28-23-20/h1-3,6-7,16-17H,4-5,8-14H2/t16-,17+/m0/s1. The van der Waals surface area contributed by atoms with Gasteiger partial charge in [0.2, 0.25) is 5.91 Å². The van der Waals surface area contributed by atoms with Gasteiger partial charge in [-0.1, -0.05) is 35.5 Å². The Bertz CT molecular complexity index is 892. The van der Waals surface area contributed by atoms with Crippen LogP contribution in [0.15, 0.2) is 34.9 Å². The van der Waals surface area contributed by atoms with E-state index in [4.69, 9.17) is 4.52 Å². The van der Waals surface area contributed by atoms with Gasteiger partial charge < -0.3 is 14.3 Å². The first-order valence-electron chi connectivity index (χ1n) is 10.3. The van der Waals surface area contributed by atoms with Crippen molar-refractivity contribution in [1.82, 2.24) is 15.0 Å². The van der Waals surface area contributed by atoms with Crippen molar-refractivity contribution in [3.05, 3.63) is 52.9 Å². The van der Waals surface area contributed by atoms with Crippen molar-refractivity contribution >= 4 is 11.8 Å². The van der Waals surface area contributed by atoms with Crippen LogP contribution >= 0.6 is 0 Å². The normalized spacial score (nSPS) is 24.2. The second-order valence-electron chi connectivity index (χ2n) is 8.23. The molecule has 6 heteroatoms. The Morgan fingerprint density at radius 3 is 2.79 bits per heavy atom. The van der Waals surface area contributed by atoms with E-state index in [0.717, 1.165) is 55.4 Å². The quantitative estimate of drug-likeness (QED) is 0.823. The molecule has 4 heterocycles. The largest absolute Gasteiger partial charge is 0.360 e. The zero-order chi connectivity index (χ0) is 19.1. The highest BCUT2D eigenvalue weighted by atomic mass is 16.5. The third-order valence-corrected chi connectivity index (χ3v) is 6.43. The maximum Gasteiger partial charge on any atom is 0.276 e. The molecule has 4 aliphatic rings. The number of benzene rings is 1. The van der Waals surface area contributed by atoms with E-state index >= 15 is 0 Å². The summed E-state index contributed by atoms with van der Waals surface area (Å²) in [5.41, 5.74) is 2.59. The zero-order valence-electron chi connectivity index (χ0n) is 16.0. The van der Waals surface area contributed by atoms with Crippen LogP contribution in [0.3, 0.4) is 0 Å². The number of fused-ring (bicyclic) bond motifs is 5. The van der Waals surface area contributed by atoms with E-state index in [9.17, 15) is 9.59 Å². The number of carbonyl (C=O) groups excluding carboxylic acids is 2. The van der Waals surface area contributed by atoms with Gasteiger partial charge in [-0.25, -0.2) is 0 Å². The van der Waals surface area contributed by atoms with Crippen LogP contribution in [0, 0.1) is 5.92 Å². The van der Waals surface area contributed by atoms with Crippen LogP contribution in [-0.4, -0.2) is 45.9 Å². The van der Waals surface area contributed by atoms with E-state index in [0.29, 0.717) is 25.3 Å². The number of aromatic nitrogens is 1. The van der Waals surface area contributed by atoms with Crippen molar-refractivity contribution in [2.45, 2.75) is 51.1 Å². The summed E-state index contributed by atoms with van der Waals surface area (Å²) in [4.78, 5) is 30.1. The monoisotopic (exact) mass is 379 g/mol. The van der Waals surface area contributed by atoms with Gasteiger partial charge in [-0.15, -0.1) is 0 Å². The molecule has 0 radical (unpaired) electrons. The SMILES string of the molecule is O=C(c1noc2c1CCCC2)N1C[C@@H]2CC[C@H](C1)N(Cc1ccccc1)C2=O. The molecule has 2 aromatic rings. The number of nitrogens with zero attached hydrogens (tertiary/aromatic N) is 3. The first-order valence-corrected chi connectivity index (χ1v) is 10.3. The molecule has 1 aliphatic carbocycles. The molecule has 2 atom stereocenters. The summed E-state index contributed by atoms with van der Waals surface area (Å²) in [5.74, 6) is 0.860. The van der Waals surface area contributed by atoms with Crippen LogP contribution in [0.1, 0.15) is 53.1 Å². The highest BCUT2D eigenvalue weighted by molar-refractivity contribution is 5.94. The topological polar surface area (TPSA) is 66.7 Å². The van der Waals surface area contributed by atoms with Gasteiger partial charge in [0.25, 0.3) is 5.91 Å². The molecule has 1 aromatic carbocycles. The minimum atomic E-state index is -0.117. The van der Waals surface area contributed by atoms with Gasteiger partial charge in [0.05, 0.1) is 5.92 Å². The molecular weight excluding hydrogens is 354 g/mol. The molecule has 146 valence electrons. The molecule has 28 heavy (non-hydrogen) atoms. The molecule has 6 nitrogen and oxygen atoms in total. The van der Waals surface area contributed by atoms with Crippen LogP contribution in [-0.2, 0) is 24.2 Å². The van der Waals surface area contributed by atoms with Gasteiger partial charge in [-0.05, 0) is 37.7 Å². The minimum Gasteiger partial charge on any atom is -0.360 e. The van der Waals surface area contributed by atoms with Crippen molar-refractivity contribution in [2.24, 2.45) is 5.92 Å². The predicted octanol–water partition coefficient (Wildman–Crippen LogP) is 2.82. The number of aryl methyl sites for hydroxylation is 1. The predicted molar refractivity (Wildman–Crippen MR) is 103 cm³/mol. The lowest BCUT2D eigenvalue weighted by Crippen LogP contribution is -2.47. The fourth-order valence-electron chi connectivity index (χ4n) is 4.90. The van der Waals surface area contributed by atoms with Gasteiger partial charge in [0, 0.05) is 37.7 Å². The lowest BCUT2D eigenvalue weighted by molar-refractivity contribution is -0.140. The molecule has 3 saturated heterocycles. The van der Waals surface area contributed by atoms with Gasteiger partial charge in [-0.3, -0.25) is 9.59 Å². The molecule has 0 N–H and O–H groups in total. The van der Waals surface area contributed by atoms with E-state index in [1.54, 1.807) is 0 Å². The lowest BCUT2D eigenvalue weighted by atomic mass is 9.93. The molecule has 1 aromatic heterocycles. The number of piperidine rings is 1. The highest BCUT2D eigenvalue weighted by Gasteiger charge is 2.42. The van der Waals surface area contributed by atoms with E-state index in [-0.39, 0.29) is 23.8 Å². The molecule has 0 unspecified atom stereocenters. The maximum atomic E-state index is 13.2. The number of rotatable bonds is 3. The number of hydrogen-bond acceptors (Lipinski definition) is 4. The average molecular weight is 379 g/mol. The first-order chi connectivity index (χ1) is 13.7. The Hall–Kier alpha value is -2.63. The molecule has 3 fully saturated rings. The van der Waals surface area contributed by atoms with Crippen molar-refractivity contribution < 1.29 is 14.1 Å². The molecular formula is C22H25N3O3. The summed E-state index contributed by atoms with van der Waals surface area (Å²) in [6, 6.07) is 10.2. The maximum absolute atomic E-state index is 13.2. The third kappa shape index (κ3) is 3.01. The highest BCUT2D eigenvalue weighted by Crippen LogP contribution is 2.32. The second kappa shape index (κ2) is 7.08. The Labute approximate surface area is 164 Å². The van der Waals surface area contributed by atoms with Gasteiger partial charge in [0.1, 0.15) is 5.76 Å². The number of carbonyl (C=O) groups is 2. The van der Waals surface area contributed by atoms with Gasteiger partial charge in [-0.2, -0.15) is 0 Å². The third-order valence-electron chi connectivity index (χ3n) is 6.43. The second-order valence-corrected chi connectivity index (χ2v) is 8.23. The summed E-state index contributed by atoms with van der Waals surface area (Å²) in [6.45, 7) is 1.68. The van der Waals surface area contributed by atoms with Crippen LogP contribution in [0.5, 0.6) is 0 Å². The van der Waals surface area contributed by atoms with Crippen LogP contribution in [0.2, 0.25) is 0 Å². The minimum absolute atomic E-state index is 0.0677. The van der Waals surface area contributed by atoms with Gasteiger partial charge >= 0.3 is 0 Å². The van der Waals surface area contributed by atoms with Crippen molar-refractivity contribution in [3.8, 4) is 0 Å². The fourth-order valence-corrected chi connectivity index (χ4v) is 4.90. The summed E-state index contributed by atoms with van der Waals surface area (Å²) in [6.07, 6.45) is 5.69. The lowest BCUT2D eigenvalue weighted by Gasteiger charge is -2.36. The van der Waals surface area contributed by atoms with E-state index in [2.05, 4.69) is 17.3 Å². The molecule has 2 amide bonds. The Balaban J connectivity index is 1.38. The van der Waals surface area contributed by atoms with Crippen LogP contribution < -0.4 is 0 Å². The van der Waals surface area contributed by atoms with Crippen molar-refractivity contribution in [2.75, 3.05) is 13.1 Å². The number of amides is 2. The van der Waals surface area contributed by atoms with E-state index < -0.39 is 0 Å². The molecule has 2 bridgehead atoms. The Morgan fingerprint density at radius 2 is 1.93 bits per heavy atom. The number of hydrogen-bond donors (Lipinski definition) is 0. The summed E-state index contributed by atoms with van der Waals surface area (Å²) < 4.78 is 5.45. The molecule has 6 rings (SSSR count). The van der Waals surface area contributed by atoms with E-state index in [1.807, 2.05) is 28.0 Å². The van der Waals surface area contributed by atoms with Gasteiger partial charge in [0.15, 0.2) is 5.69 Å². The van der Waals surface area contributed by atoms with E-state index in [1.165, 1.54) is 0 Å². The van der Waals surface area contributed by atoms with Crippen molar-refractivity contribution in [3.63, 3.8) is 0 Å². The molecule has 3 aliphatic heterocycles. The average Bonchev–Trinajstić information content (AvgIpc) is 2.97. The van der Waals surface area contributed by atoms with Crippen molar-refractivity contribution in [1.29, 1.82) is 0 Å². The summed E-state index contributed by atoms with van der Waals surface area (Å²) in [5, 5.41) is 4.12. The molecule has 0 saturated carbocycles. The summed E-state index contributed by atoms with van der Waals surface area (Å²) >= 11 is 0. The summed E-state index contributed by atoms with van der Waals surface area (Å²) in [7, 11) is 0. The molecule has 0 spiro atoms. The Kier molecular flexibility index (Phi) is 4.41. The zero-order valence-corrected chi connectivity index (χ0v) is 16.0.